The smallest absolute Gasteiger partial charge is 0.355 e. The molecule has 2 aromatic rings. The molecule has 0 saturated heterocycles. The molecule has 0 aliphatic carbocycles. The van der Waals surface area contributed by atoms with Gasteiger partial charge in [0.2, 0.25) is 0 Å². The minimum atomic E-state index is -0.624. The number of methoxy groups -OCH3 is 2. The van der Waals surface area contributed by atoms with Gasteiger partial charge in [0.25, 0.3) is 0 Å². The van der Waals surface area contributed by atoms with Gasteiger partial charge in [0, 0.05) is 12.2 Å². The highest BCUT2D eigenvalue weighted by molar-refractivity contribution is 6.03. The molecule has 0 fully saturated rings. The van der Waals surface area contributed by atoms with Crippen LogP contribution in [0, 0.1) is 0 Å². The molecular formula is C17H19N3O5. The van der Waals surface area contributed by atoms with E-state index in [1.54, 1.807) is 11.2 Å². The number of benzene rings is 1. The van der Waals surface area contributed by atoms with Crippen LogP contribution in [0.3, 0.4) is 0 Å². The predicted molar refractivity (Wildman–Crippen MR) is 89.8 cm³/mol. The SMILES string of the molecule is CCn1cnc2cc(N3COCC(C(=O)OC)=C3C(=O)OC)ccc21. The molecule has 3 rings (SSSR count). The van der Waals surface area contributed by atoms with Crippen molar-refractivity contribution in [3.05, 3.63) is 35.8 Å². The van der Waals surface area contributed by atoms with Gasteiger partial charge in [-0.05, 0) is 25.1 Å². The lowest BCUT2D eigenvalue weighted by Crippen LogP contribution is -2.38. The first-order chi connectivity index (χ1) is 12.1. The van der Waals surface area contributed by atoms with Gasteiger partial charge >= 0.3 is 11.9 Å². The molecule has 0 N–H and O–H groups in total. The van der Waals surface area contributed by atoms with Crippen LogP contribution in [0.25, 0.3) is 11.0 Å². The fourth-order valence-electron chi connectivity index (χ4n) is 2.82. The van der Waals surface area contributed by atoms with Crippen LogP contribution >= 0.6 is 0 Å². The lowest BCUT2D eigenvalue weighted by Gasteiger charge is -2.31. The number of hydrogen-bond acceptors (Lipinski definition) is 7. The van der Waals surface area contributed by atoms with E-state index < -0.39 is 11.9 Å². The highest BCUT2D eigenvalue weighted by Gasteiger charge is 2.32. The number of aromatic nitrogens is 2. The van der Waals surface area contributed by atoms with E-state index in [0.717, 1.165) is 17.6 Å². The number of rotatable bonds is 4. The number of fused-ring (bicyclic) bond motifs is 1. The Balaban J connectivity index is 2.10. The second-order valence-electron chi connectivity index (χ2n) is 5.42. The molecule has 8 nitrogen and oxygen atoms in total. The van der Waals surface area contributed by atoms with Crippen LogP contribution in [0.1, 0.15) is 6.92 Å². The number of imidazole rings is 1. The standard InChI is InChI=1S/C17H19N3O5/c1-4-19-9-18-13-7-11(5-6-14(13)19)20-10-25-8-12(16(21)23-2)15(20)17(22)24-3/h5-7,9H,4,8,10H2,1-3H3. The summed E-state index contributed by atoms with van der Waals surface area (Å²) in [6, 6.07) is 5.61. The number of hydrogen-bond donors (Lipinski definition) is 0. The predicted octanol–water partition coefficient (Wildman–Crippen LogP) is 1.45. The minimum Gasteiger partial charge on any atom is -0.466 e. The van der Waals surface area contributed by atoms with Gasteiger partial charge in [-0.25, -0.2) is 14.6 Å². The maximum absolute atomic E-state index is 12.3. The first-order valence-corrected chi connectivity index (χ1v) is 7.80. The molecule has 1 aromatic heterocycles. The van der Waals surface area contributed by atoms with Gasteiger partial charge in [-0.1, -0.05) is 0 Å². The molecule has 1 aliphatic heterocycles. The van der Waals surface area contributed by atoms with Crippen molar-refractivity contribution in [2.24, 2.45) is 0 Å². The van der Waals surface area contributed by atoms with Crippen molar-refractivity contribution in [3.63, 3.8) is 0 Å². The van der Waals surface area contributed by atoms with Gasteiger partial charge in [0.15, 0.2) is 0 Å². The third-order valence-electron chi connectivity index (χ3n) is 4.09. The molecule has 0 unspecified atom stereocenters. The molecule has 0 spiro atoms. The summed E-state index contributed by atoms with van der Waals surface area (Å²) in [4.78, 5) is 30.3. The van der Waals surface area contributed by atoms with E-state index in [1.807, 2.05) is 29.7 Å². The highest BCUT2D eigenvalue weighted by Crippen LogP contribution is 2.29. The maximum Gasteiger partial charge on any atom is 0.355 e. The van der Waals surface area contributed by atoms with Crippen LogP contribution in [0.4, 0.5) is 5.69 Å². The van der Waals surface area contributed by atoms with Crippen molar-refractivity contribution in [1.82, 2.24) is 9.55 Å². The molecule has 0 radical (unpaired) electrons. The van der Waals surface area contributed by atoms with Crippen LogP contribution in [0.2, 0.25) is 0 Å². The van der Waals surface area contributed by atoms with Crippen LogP contribution in [-0.4, -0.2) is 49.0 Å². The summed E-state index contributed by atoms with van der Waals surface area (Å²) in [7, 11) is 2.52. The summed E-state index contributed by atoms with van der Waals surface area (Å²) in [5.41, 5.74) is 2.69. The largest absolute Gasteiger partial charge is 0.466 e. The molecule has 1 aliphatic rings. The summed E-state index contributed by atoms with van der Waals surface area (Å²) in [6.45, 7) is 2.95. The molecule has 0 bridgehead atoms. The summed E-state index contributed by atoms with van der Waals surface area (Å²) >= 11 is 0. The zero-order valence-corrected chi connectivity index (χ0v) is 14.3. The third kappa shape index (κ3) is 2.96. The summed E-state index contributed by atoms with van der Waals surface area (Å²) in [6.07, 6.45) is 1.76. The molecule has 0 amide bonds. The topological polar surface area (TPSA) is 82.9 Å². The van der Waals surface area contributed by atoms with Crippen molar-refractivity contribution in [1.29, 1.82) is 0 Å². The van der Waals surface area contributed by atoms with Gasteiger partial charge in [-0.2, -0.15) is 0 Å². The number of esters is 2. The van der Waals surface area contributed by atoms with E-state index >= 15 is 0 Å². The number of carbonyl (C=O) groups is 2. The summed E-state index contributed by atoms with van der Waals surface area (Å²) in [5.74, 6) is -1.25. The molecule has 2 heterocycles. The number of carbonyl (C=O) groups excluding carboxylic acids is 2. The normalized spacial score (nSPS) is 14.8. The van der Waals surface area contributed by atoms with E-state index in [9.17, 15) is 9.59 Å². The van der Waals surface area contributed by atoms with Crippen LogP contribution < -0.4 is 4.90 Å². The van der Waals surface area contributed by atoms with Crippen molar-refractivity contribution < 1.29 is 23.8 Å². The molecule has 25 heavy (non-hydrogen) atoms. The lowest BCUT2D eigenvalue weighted by molar-refractivity contribution is -0.140. The summed E-state index contributed by atoms with van der Waals surface area (Å²) in [5, 5.41) is 0. The quantitative estimate of drug-likeness (QED) is 0.776. The minimum absolute atomic E-state index is 0.0136. The lowest BCUT2D eigenvalue weighted by atomic mass is 10.1. The third-order valence-corrected chi connectivity index (χ3v) is 4.09. The van der Waals surface area contributed by atoms with E-state index in [0.29, 0.717) is 5.69 Å². The molecule has 132 valence electrons. The van der Waals surface area contributed by atoms with Crippen LogP contribution in [-0.2, 0) is 30.3 Å². The van der Waals surface area contributed by atoms with Crippen molar-refractivity contribution in [2.45, 2.75) is 13.5 Å². The molecule has 0 saturated carbocycles. The van der Waals surface area contributed by atoms with Gasteiger partial charge in [0.1, 0.15) is 12.4 Å². The maximum atomic E-state index is 12.3. The van der Waals surface area contributed by atoms with E-state index in [-0.39, 0.29) is 24.6 Å². The molecule has 1 aromatic carbocycles. The van der Waals surface area contributed by atoms with Crippen molar-refractivity contribution in [2.75, 3.05) is 32.5 Å². The second-order valence-corrected chi connectivity index (χ2v) is 5.42. The number of ether oxygens (including phenoxy) is 3. The Morgan fingerprint density at radius 3 is 2.68 bits per heavy atom. The Bertz CT molecular complexity index is 855. The van der Waals surface area contributed by atoms with Crippen molar-refractivity contribution in [3.8, 4) is 0 Å². The van der Waals surface area contributed by atoms with E-state index in [2.05, 4.69) is 4.98 Å². The number of nitrogens with zero attached hydrogens (tertiary/aromatic N) is 3. The average molecular weight is 345 g/mol. The van der Waals surface area contributed by atoms with Crippen LogP contribution in [0.5, 0.6) is 0 Å². The first-order valence-electron chi connectivity index (χ1n) is 7.80. The first kappa shape index (κ1) is 17.0. The van der Waals surface area contributed by atoms with Gasteiger partial charge in [-0.3, -0.25) is 0 Å². The monoisotopic (exact) mass is 345 g/mol. The van der Waals surface area contributed by atoms with Gasteiger partial charge in [0.05, 0.1) is 43.8 Å². The number of anilines is 1. The Kier molecular flexibility index (Phi) is 4.71. The Morgan fingerprint density at radius 1 is 1.24 bits per heavy atom. The highest BCUT2D eigenvalue weighted by atomic mass is 16.5. The van der Waals surface area contributed by atoms with Crippen LogP contribution in [0.15, 0.2) is 35.8 Å². The number of aryl methyl sites for hydroxylation is 1. The molecular weight excluding hydrogens is 326 g/mol. The van der Waals surface area contributed by atoms with E-state index in [4.69, 9.17) is 14.2 Å². The van der Waals surface area contributed by atoms with Gasteiger partial charge < -0.3 is 23.7 Å². The average Bonchev–Trinajstić information content (AvgIpc) is 3.08. The fourth-order valence-corrected chi connectivity index (χ4v) is 2.82. The van der Waals surface area contributed by atoms with Gasteiger partial charge in [-0.15, -0.1) is 0 Å². The van der Waals surface area contributed by atoms with E-state index in [1.165, 1.54) is 14.2 Å². The molecule has 0 atom stereocenters. The zero-order valence-electron chi connectivity index (χ0n) is 14.3. The fraction of sp³-hybridized carbons (Fsp3) is 0.353. The van der Waals surface area contributed by atoms with Crippen molar-refractivity contribution >= 4 is 28.7 Å². The Hall–Kier alpha value is -2.87. The summed E-state index contributed by atoms with van der Waals surface area (Å²) < 4.78 is 17.1. The Labute approximate surface area is 144 Å². The molecule has 8 heteroatoms. The zero-order chi connectivity index (χ0) is 18.0. The Morgan fingerprint density at radius 2 is 2.00 bits per heavy atom. The second kappa shape index (κ2) is 6.94.